The van der Waals surface area contributed by atoms with E-state index in [4.69, 9.17) is 10.5 Å². The first-order chi connectivity index (χ1) is 9.05. The van der Waals surface area contributed by atoms with Crippen LogP contribution < -0.4 is 5.73 Å². The van der Waals surface area contributed by atoms with Crippen LogP contribution in [0.5, 0.6) is 0 Å². The fourth-order valence-electron chi connectivity index (χ4n) is 2.03. The third kappa shape index (κ3) is 6.58. The molecular formula is C16H27NO2. The zero-order chi connectivity index (χ0) is 14.1. The Labute approximate surface area is 116 Å². The van der Waals surface area contributed by atoms with Crippen LogP contribution in [0.3, 0.4) is 0 Å². The lowest BCUT2D eigenvalue weighted by Gasteiger charge is -2.22. The van der Waals surface area contributed by atoms with Crippen molar-refractivity contribution in [3.8, 4) is 0 Å². The van der Waals surface area contributed by atoms with E-state index in [1.807, 2.05) is 19.1 Å². The Morgan fingerprint density at radius 3 is 2.63 bits per heavy atom. The van der Waals surface area contributed by atoms with Crippen molar-refractivity contribution in [1.29, 1.82) is 0 Å². The molecule has 0 radical (unpaired) electrons. The molecule has 19 heavy (non-hydrogen) atoms. The summed E-state index contributed by atoms with van der Waals surface area (Å²) in [4.78, 5) is 11.8. The topological polar surface area (TPSA) is 52.3 Å². The van der Waals surface area contributed by atoms with Gasteiger partial charge in [-0.15, -0.1) is 0 Å². The molecule has 0 aromatic rings. The van der Waals surface area contributed by atoms with Crippen LogP contribution >= 0.6 is 0 Å². The molecule has 108 valence electrons. The van der Waals surface area contributed by atoms with Crippen molar-refractivity contribution in [2.45, 2.75) is 64.3 Å². The monoisotopic (exact) mass is 265 g/mol. The van der Waals surface area contributed by atoms with Gasteiger partial charge in [-0.2, -0.15) is 0 Å². The molecule has 0 heterocycles. The molecule has 0 aromatic carbocycles. The van der Waals surface area contributed by atoms with Crippen molar-refractivity contribution in [2.75, 3.05) is 6.61 Å². The Hall–Kier alpha value is -1.09. The highest BCUT2D eigenvalue weighted by Crippen LogP contribution is 2.18. The Balaban J connectivity index is 2.12. The molecule has 0 aromatic heterocycles. The largest absolute Gasteiger partial charge is 0.462 e. The highest BCUT2D eigenvalue weighted by Gasteiger charge is 2.19. The minimum Gasteiger partial charge on any atom is -0.462 e. The van der Waals surface area contributed by atoms with E-state index in [-0.39, 0.29) is 11.5 Å². The molecule has 0 saturated heterocycles. The van der Waals surface area contributed by atoms with E-state index < -0.39 is 0 Å². The van der Waals surface area contributed by atoms with Crippen molar-refractivity contribution >= 4 is 5.97 Å². The first-order valence-corrected chi connectivity index (χ1v) is 7.40. The average Bonchev–Trinajstić information content (AvgIpc) is 2.37. The number of esters is 1. The number of ether oxygens (including phenoxy) is 1. The van der Waals surface area contributed by atoms with Crippen LogP contribution in [0.2, 0.25) is 0 Å². The van der Waals surface area contributed by atoms with E-state index in [0.717, 1.165) is 12.8 Å². The highest BCUT2D eigenvalue weighted by atomic mass is 16.5. The molecule has 0 bridgehead atoms. The number of hydrogen-bond donors (Lipinski definition) is 1. The smallest absolute Gasteiger partial charge is 0.337 e. The number of rotatable bonds is 8. The Morgan fingerprint density at radius 1 is 1.32 bits per heavy atom. The number of carbonyl (C=O) groups is 1. The fraction of sp³-hybridized carbons (Fsp3) is 0.688. The van der Waals surface area contributed by atoms with E-state index in [9.17, 15) is 4.79 Å². The summed E-state index contributed by atoms with van der Waals surface area (Å²) >= 11 is 0. The third-order valence-electron chi connectivity index (χ3n) is 3.37. The molecule has 1 rings (SSSR count). The number of nitrogens with two attached hydrogens (primary N) is 1. The molecule has 0 amide bonds. The molecule has 1 aliphatic carbocycles. The van der Waals surface area contributed by atoms with E-state index >= 15 is 0 Å². The van der Waals surface area contributed by atoms with Gasteiger partial charge in [-0.1, -0.05) is 57.3 Å². The van der Waals surface area contributed by atoms with Crippen LogP contribution in [0.1, 0.15) is 58.8 Å². The quantitative estimate of drug-likeness (QED) is 0.540. The van der Waals surface area contributed by atoms with Gasteiger partial charge in [0.15, 0.2) is 0 Å². The van der Waals surface area contributed by atoms with E-state index in [2.05, 4.69) is 6.92 Å². The van der Waals surface area contributed by atoms with Gasteiger partial charge in [0, 0.05) is 5.54 Å². The second-order valence-corrected chi connectivity index (χ2v) is 5.61. The standard InChI is InChI=1S/C16H27NO2/c1-3-4-5-6-7-8-13-19-15(18)14-9-11-16(2,17)12-10-14/h9-11H,3-8,12-13,17H2,1-2H3. The first-order valence-electron chi connectivity index (χ1n) is 7.40. The molecule has 2 N–H and O–H groups in total. The zero-order valence-corrected chi connectivity index (χ0v) is 12.3. The van der Waals surface area contributed by atoms with Crippen molar-refractivity contribution in [3.05, 3.63) is 23.8 Å². The zero-order valence-electron chi connectivity index (χ0n) is 12.3. The van der Waals surface area contributed by atoms with Gasteiger partial charge in [-0.3, -0.25) is 0 Å². The molecule has 1 aliphatic rings. The molecular weight excluding hydrogens is 238 g/mol. The maximum Gasteiger partial charge on any atom is 0.337 e. The predicted octanol–water partition coefficient (Wildman–Crippen LogP) is 3.49. The van der Waals surface area contributed by atoms with Gasteiger partial charge in [-0.05, 0) is 19.8 Å². The average molecular weight is 265 g/mol. The minimum atomic E-state index is -0.330. The number of unbranched alkanes of at least 4 members (excludes halogenated alkanes) is 5. The maximum atomic E-state index is 11.8. The van der Waals surface area contributed by atoms with E-state index in [0.29, 0.717) is 18.6 Å². The summed E-state index contributed by atoms with van der Waals surface area (Å²) in [6.07, 6.45) is 13.4. The van der Waals surface area contributed by atoms with Crippen LogP contribution in [0.15, 0.2) is 23.8 Å². The van der Waals surface area contributed by atoms with Gasteiger partial charge in [0.1, 0.15) is 0 Å². The van der Waals surface area contributed by atoms with Crippen LogP contribution in [0.4, 0.5) is 0 Å². The summed E-state index contributed by atoms with van der Waals surface area (Å²) in [7, 11) is 0. The second-order valence-electron chi connectivity index (χ2n) is 5.61. The molecule has 0 fully saturated rings. The lowest BCUT2D eigenvalue weighted by atomic mass is 9.92. The normalized spacial score (nSPS) is 22.2. The highest BCUT2D eigenvalue weighted by molar-refractivity contribution is 5.91. The molecule has 3 nitrogen and oxygen atoms in total. The van der Waals surface area contributed by atoms with E-state index in [1.54, 1.807) is 6.08 Å². The summed E-state index contributed by atoms with van der Waals surface area (Å²) in [6.45, 7) is 4.67. The van der Waals surface area contributed by atoms with Crippen LogP contribution in [0.25, 0.3) is 0 Å². The van der Waals surface area contributed by atoms with E-state index in [1.165, 1.54) is 25.7 Å². The lowest BCUT2D eigenvalue weighted by molar-refractivity contribution is -0.138. The van der Waals surface area contributed by atoms with Crippen LogP contribution in [0, 0.1) is 0 Å². The van der Waals surface area contributed by atoms with Gasteiger partial charge >= 0.3 is 5.97 Å². The van der Waals surface area contributed by atoms with Crippen molar-refractivity contribution in [3.63, 3.8) is 0 Å². The molecule has 0 aliphatic heterocycles. The number of hydrogen-bond acceptors (Lipinski definition) is 3. The predicted molar refractivity (Wildman–Crippen MR) is 78.8 cm³/mol. The molecule has 1 unspecified atom stereocenters. The van der Waals surface area contributed by atoms with Gasteiger partial charge in [0.05, 0.1) is 12.2 Å². The minimum absolute atomic E-state index is 0.222. The lowest BCUT2D eigenvalue weighted by Crippen LogP contribution is -2.34. The first kappa shape index (κ1) is 16.0. The van der Waals surface area contributed by atoms with Crippen LogP contribution in [-0.2, 0) is 9.53 Å². The van der Waals surface area contributed by atoms with Crippen molar-refractivity contribution < 1.29 is 9.53 Å². The van der Waals surface area contributed by atoms with Gasteiger partial charge in [-0.25, -0.2) is 4.79 Å². The molecule has 0 saturated carbocycles. The van der Waals surface area contributed by atoms with Gasteiger partial charge in [0.2, 0.25) is 0 Å². The molecule has 1 atom stereocenters. The fourth-order valence-corrected chi connectivity index (χ4v) is 2.03. The summed E-state index contributed by atoms with van der Waals surface area (Å²) in [6, 6.07) is 0. The molecule has 0 spiro atoms. The number of carbonyl (C=O) groups excluding carboxylic acids is 1. The Kier molecular flexibility index (Phi) is 6.85. The summed E-state index contributed by atoms with van der Waals surface area (Å²) in [5.74, 6) is -0.222. The maximum absolute atomic E-state index is 11.8. The molecule has 3 heteroatoms. The summed E-state index contributed by atoms with van der Waals surface area (Å²) in [5.41, 5.74) is 6.24. The van der Waals surface area contributed by atoms with Gasteiger partial charge in [0.25, 0.3) is 0 Å². The Bertz CT molecular complexity index is 343. The SMILES string of the molecule is CCCCCCCCOC(=O)C1=CCC(C)(N)C=C1. The van der Waals surface area contributed by atoms with Gasteiger partial charge < -0.3 is 10.5 Å². The van der Waals surface area contributed by atoms with Crippen molar-refractivity contribution in [2.24, 2.45) is 5.73 Å². The van der Waals surface area contributed by atoms with Crippen LogP contribution in [-0.4, -0.2) is 18.1 Å². The second kappa shape index (κ2) is 8.16. The Morgan fingerprint density at radius 2 is 2.00 bits per heavy atom. The van der Waals surface area contributed by atoms with Crippen molar-refractivity contribution in [1.82, 2.24) is 0 Å². The summed E-state index contributed by atoms with van der Waals surface area (Å²) in [5, 5.41) is 0. The summed E-state index contributed by atoms with van der Waals surface area (Å²) < 4.78 is 5.26. The third-order valence-corrected chi connectivity index (χ3v) is 3.37.